The molecule has 4 aromatic carbocycles. The van der Waals surface area contributed by atoms with Gasteiger partial charge in [-0.05, 0) is 47.5 Å². The maximum absolute atomic E-state index is 13.4. The second-order valence-corrected chi connectivity index (χ2v) is 11.4. The van der Waals surface area contributed by atoms with Crippen molar-refractivity contribution in [2.75, 3.05) is 30.9 Å². The molecule has 1 aliphatic heterocycles. The minimum absolute atomic E-state index is 0.0324. The average molecular weight is 580 g/mol. The van der Waals surface area contributed by atoms with Crippen molar-refractivity contribution in [2.24, 2.45) is 0 Å². The maximum atomic E-state index is 13.4. The summed E-state index contributed by atoms with van der Waals surface area (Å²) >= 11 is 0. The molecule has 0 atom stereocenters. The number of sulfonamides is 1. The third-order valence-electron chi connectivity index (χ3n) is 7.03. The molecular weight excluding hydrogens is 551 g/mol. The lowest BCUT2D eigenvalue weighted by atomic mass is 9.96. The molecular formula is C31H28F3N3O3S. The van der Waals surface area contributed by atoms with Crippen molar-refractivity contribution < 1.29 is 26.4 Å². The predicted octanol–water partition coefficient (Wildman–Crippen LogP) is 6.05. The molecule has 0 radical (unpaired) electrons. The first-order chi connectivity index (χ1) is 19.6. The van der Waals surface area contributed by atoms with Crippen LogP contribution in [0.2, 0.25) is 0 Å². The normalized spacial score (nSPS) is 14.7. The van der Waals surface area contributed by atoms with Crippen LogP contribution in [-0.2, 0) is 16.2 Å². The number of carbonyl (C=O) groups is 1. The number of nitrogens with zero attached hydrogens (tertiary/aromatic N) is 2. The van der Waals surface area contributed by atoms with E-state index in [0.29, 0.717) is 26.2 Å². The fraction of sp³-hybridized carbons (Fsp3) is 0.194. The van der Waals surface area contributed by atoms with E-state index in [1.807, 2.05) is 36.4 Å². The fourth-order valence-corrected chi connectivity index (χ4v) is 6.11. The number of hydrogen-bond acceptors (Lipinski definition) is 4. The Kier molecular flexibility index (Phi) is 8.14. The Labute approximate surface area is 237 Å². The molecule has 10 heteroatoms. The first kappa shape index (κ1) is 28.4. The summed E-state index contributed by atoms with van der Waals surface area (Å²) in [5.41, 5.74) is 1.31. The van der Waals surface area contributed by atoms with Gasteiger partial charge in [0.05, 0.1) is 16.5 Å². The quantitative estimate of drug-likeness (QED) is 0.289. The van der Waals surface area contributed by atoms with Crippen LogP contribution in [0, 0.1) is 0 Å². The summed E-state index contributed by atoms with van der Waals surface area (Å²) in [6, 6.07) is 29.9. The van der Waals surface area contributed by atoms with Gasteiger partial charge in [-0.25, -0.2) is 8.42 Å². The van der Waals surface area contributed by atoms with Gasteiger partial charge in [-0.1, -0.05) is 72.8 Å². The lowest BCUT2D eigenvalue weighted by Gasteiger charge is -2.39. The highest BCUT2D eigenvalue weighted by atomic mass is 32.2. The second-order valence-electron chi connectivity index (χ2n) is 9.76. The molecule has 1 heterocycles. The van der Waals surface area contributed by atoms with Crippen molar-refractivity contribution in [3.05, 3.63) is 131 Å². The van der Waals surface area contributed by atoms with E-state index < -0.39 is 21.8 Å². The van der Waals surface area contributed by atoms with Gasteiger partial charge in [0.15, 0.2) is 0 Å². The van der Waals surface area contributed by atoms with E-state index in [2.05, 4.69) is 33.9 Å². The highest BCUT2D eigenvalue weighted by molar-refractivity contribution is 7.92. The molecule has 0 bridgehead atoms. The predicted molar refractivity (Wildman–Crippen MR) is 151 cm³/mol. The molecule has 5 rings (SSSR count). The summed E-state index contributed by atoms with van der Waals surface area (Å²) < 4.78 is 67.3. The van der Waals surface area contributed by atoms with E-state index in [9.17, 15) is 26.4 Å². The van der Waals surface area contributed by atoms with Crippen LogP contribution in [0.4, 0.5) is 18.9 Å². The lowest BCUT2D eigenvalue weighted by molar-refractivity contribution is -0.137. The number of anilines is 1. The zero-order valence-corrected chi connectivity index (χ0v) is 22.8. The van der Waals surface area contributed by atoms with Gasteiger partial charge in [0.25, 0.3) is 15.9 Å². The zero-order valence-electron chi connectivity index (χ0n) is 22.0. The molecule has 6 nitrogen and oxygen atoms in total. The Balaban J connectivity index is 1.29. The van der Waals surface area contributed by atoms with Crippen molar-refractivity contribution in [3.8, 4) is 0 Å². The fourth-order valence-electron chi connectivity index (χ4n) is 5.02. The number of amides is 1. The third kappa shape index (κ3) is 6.61. The SMILES string of the molecule is O=C(c1cccc(S(=O)(=O)Nc2cccc(C(F)(F)F)c2)c1)N1CCN(C(c2ccccc2)c2ccccc2)CC1. The summed E-state index contributed by atoms with van der Waals surface area (Å²) in [6.45, 7) is 2.15. The lowest BCUT2D eigenvalue weighted by Crippen LogP contribution is -2.49. The Bertz CT molecular complexity index is 1570. The van der Waals surface area contributed by atoms with E-state index in [0.717, 1.165) is 29.3 Å². The number of carbonyl (C=O) groups excluding carboxylic acids is 1. The monoisotopic (exact) mass is 579 g/mol. The van der Waals surface area contributed by atoms with Crippen LogP contribution in [0.25, 0.3) is 0 Å². The number of nitrogens with one attached hydrogen (secondary N) is 1. The van der Waals surface area contributed by atoms with Gasteiger partial charge in [-0.3, -0.25) is 14.4 Å². The summed E-state index contributed by atoms with van der Waals surface area (Å²) in [6.07, 6.45) is -4.61. The van der Waals surface area contributed by atoms with Crippen LogP contribution in [0.1, 0.15) is 33.1 Å². The number of piperazine rings is 1. The van der Waals surface area contributed by atoms with Crippen molar-refractivity contribution >= 4 is 21.6 Å². The molecule has 41 heavy (non-hydrogen) atoms. The third-order valence-corrected chi connectivity index (χ3v) is 8.41. The summed E-state index contributed by atoms with van der Waals surface area (Å²) in [7, 11) is -4.24. The van der Waals surface area contributed by atoms with Gasteiger partial charge in [-0.15, -0.1) is 0 Å². The number of rotatable bonds is 7. The minimum Gasteiger partial charge on any atom is -0.336 e. The molecule has 1 saturated heterocycles. The standard InChI is InChI=1S/C31H28F3N3O3S/c32-31(33,34)26-14-8-15-27(22-26)35-41(39,40)28-16-7-13-25(21-28)30(38)37-19-17-36(18-20-37)29(23-9-3-1-4-10-23)24-11-5-2-6-12-24/h1-16,21-22,29,35H,17-20H2. The molecule has 212 valence electrons. The van der Waals surface area contributed by atoms with Gasteiger partial charge < -0.3 is 4.90 Å². The topological polar surface area (TPSA) is 69.7 Å². The summed E-state index contributed by atoms with van der Waals surface area (Å²) in [4.78, 5) is 17.2. The first-order valence-corrected chi connectivity index (χ1v) is 14.5. The number of benzene rings is 4. The molecule has 0 unspecified atom stereocenters. The molecule has 1 N–H and O–H groups in total. The number of halogens is 3. The van der Waals surface area contributed by atoms with Gasteiger partial charge in [-0.2, -0.15) is 13.2 Å². The molecule has 0 saturated carbocycles. The molecule has 0 aliphatic carbocycles. The van der Waals surface area contributed by atoms with Crippen molar-refractivity contribution in [2.45, 2.75) is 17.1 Å². The highest BCUT2D eigenvalue weighted by Crippen LogP contribution is 2.32. The highest BCUT2D eigenvalue weighted by Gasteiger charge is 2.31. The van der Waals surface area contributed by atoms with E-state index in [4.69, 9.17) is 0 Å². The van der Waals surface area contributed by atoms with Crippen molar-refractivity contribution in [1.29, 1.82) is 0 Å². The van der Waals surface area contributed by atoms with Crippen LogP contribution >= 0.6 is 0 Å². The van der Waals surface area contributed by atoms with Gasteiger partial charge in [0, 0.05) is 37.4 Å². The molecule has 0 aromatic heterocycles. The van der Waals surface area contributed by atoms with E-state index in [1.54, 1.807) is 4.90 Å². The number of hydrogen-bond donors (Lipinski definition) is 1. The van der Waals surface area contributed by atoms with E-state index >= 15 is 0 Å². The van der Waals surface area contributed by atoms with Gasteiger partial charge in [0.1, 0.15) is 0 Å². The Morgan fingerprint density at radius 1 is 0.732 bits per heavy atom. The molecule has 0 spiro atoms. The smallest absolute Gasteiger partial charge is 0.336 e. The molecule has 1 amide bonds. The number of alkyl halides is 3. The Hall–Kier alpha value is -4.15. The first-order valence-electron chi connectivity index (χ1n) is 13.1. The molecule has 1 aliphatic rings. The minimum atomic E-state index is -4.61. The largest absolute Gasteiger partial charge is 0.416 e. The van der Waals surface area contributed by atoms with Crippen LogP contribution in [0.5, 0.6) is 0 Å². The van der Waals surface area contributed by atoms with Crippen molar-refractivity contribution in [1.82, 2.24) is 9.80 Å². The molecule has 4 aromatic rings. The average Bonchev–Trinajstić information content (AvgIpc) is 2.98. The van der Waals surface area contributed by atoms with E-state index in [-0.39, 0.29) is 28.1 Å². The summed E-state index contributed by atoms with van der Waals surface area (Å²) in [5, 5.41) is 0. The zero-order chi connectivity index (χ0) is 29.0. The van der Waals surface area contributed by atoms with E-state index in [1.165, 1.54) is 30.3 Å². The Morgan fingerprint density at radius 2 is 1.32 bits per heavy atom. The molecule has 1 fully saturated rings. The van der Waals surface area contributed by atoms with Gasteiger partial charge >= 0.3 is 6.18 Å². The van der Waals surface area contributed by atoms with Crippen LogP contribution < -0.4 is 4.72 Å². The maximum Gasteiger partial charge on any atom is 0.416 e. The second kappa shape index (κ2) is 11.8. The Morgan fingerprint density at radius 3 is 1.90 bits per heavy atom. The van der Waals surface area contributed by atoms with Crippen LogP contribution in [0.15, 0.2) is 114 Å². The van der Waals surface area contributed by atoms with Crippen LogP contribution in [0.3, 0.4) is 0 Å². The van der Waals surface area contributed by atoms with Gasteiger partial charge in [0.2, 0.25) is 0 Å². The summed E-state index contributed by atoms with van der Waals surface area (Å²) in [5.74, 6) is -0.309. The van der Waals surface area contributed by atoms with Crippen LogP contribution in [-0.4, -0.2) is 50.3 Å². The van der Waals surface area contributed by atoms with Crippen molar-refractivity contribution in [3.63, 3.8) is 0 Å².